The van der Waals surface area contributed by atoms with E-state index in [0.29, 0.717) is 18.6 Å². The topological polar surface area (TPSA) is 44.1 Å². The highest BCUT2D eigenvalue weighted by atomic mass is 16.5. The highest BCUT2D eigenvalue weighted by molar-refractivity contribution is 5.97. The standard InChI is InChI=1S/C14H16N2O2/c1-3-18-12-6-4-5-11(9-12)13(17)10-14-15-7-8-16(14)2/h4-9H,3,10H2,1-2H3. The molecule has 0 unspecified atom stereocenters. The third-order valence-electron chi connectivity index (χ3n) is 2.71. The molecule has 0 aliphatic heterocycles. The average molecular weight is 244 g/mol. The van der Waals surface area contributed by atoms with Crippen molar-refractivity contribution in [1.82, 2.24) is 9.55 Å². The van der Waals surface area contributed by atoms with Crippen LogP contribution in [0.15, 0.2) is 36.7 Å². The van der Waals surface area contributed by atoms with Crippen LogP contribution >= 0.6 is 0 Å². The molecule has 4 nitrogen and oxygen atoms in total. The first-order valence-electron chi connectivity index (χ1n) is 5.93. The molecule has 18 heavy (non-hydrogen) atoms. The van der Waals surface area contributed by atoms with Crippen LogP contribution < -0.4 is 4.74 Å². The van der Waals surface area contributed by atoms with E-state index in [1.54, 1.807) is 18.3 Å². The van der Waals surface area contributed by atoms with Gasteiger partial charge in [0.2, 0.25) is 0 Å². The lowest BCUT2D eigenvalue weighted by Gasteiger charge is -2.05. The van der Waals surface area contributed by atoms with E-state index >= 15 is 0 Å². The number of aromatic nitrogens is 2. The lowest BCUT2D eigenvalue weighted by atomic mass is 10.1. The average Bonchev–Trinajstić information content (AvgIpc) is 2.76. The van der Waals surface area contributed by atoms with Crippen LogP contribution in [0, 0.1) is 0 Å². The van der Waals surface area contributed by atoms with Crippen molar-refractivity contribution in [1.29, 1.82) is 0 Å². The van der Waals surface area contributed by atoms with Crippen LogP contribution in [0.2, 0.25) is 0 Å². The molecule has 4 heteroatoms. The number of carbonyl (C=O) groups is 1. The molecule has 0 bridgehead atoms. The third kappa shape index (κ3) is 2.77. The predicted octanol–water partition coefficient (Wildman–Crippen LogP) is 2.24. The van der Waals surface area contributed by atoms with Gasteiger partial charge in [-0.3, -0.25) is 4.79 Å². The fourth-order valence-corrected chi connectivity index (χ4v) is 1.74. The highest BCUT2D eigenvalue weighted by Crippen LogP contribution is 2.15. The number of rotatable bonds is 5. The summed E-state index contributed by atoms with van der Waals surface area (Å²) in [4.78, 5) is 16.3. The van der Waals surface area contributed by atoms with Crippen LogP contribution in [0.5, 0.6) is 5.75 Å². The number of Topliss-reactive ketones (excluding diaryl/α,β-unsaturated/α-hetero) is 1. The first kappa shape index (κ1) is 12.4. The first-order valence-corrected chi connectivity index (χ1v) is 5.93. The molecular formula is C14H16N2O2. The number of benzene rings is 1. The van der Waals surface area contributed by atoms with Gasteiger partial charge in [0, 0.05) is 25.0 Å². The monoisotopic (exact) mass is 244 g/mol. The summed E-state index contributed by atoms with van der Waals surface area (Å²) in [5, 5.41) is 0. The Kier molecular flexibility index (Phi) is 3.77. The lowest BCUT2D eigenvalue weighted by Crippen LogP contribution is -2.08. The molecule has 2 aromatic rings. The Bertz CT molecular complexity index is 546. The van der Waals surface area contributed by atoms with Gasteiger partial charge in [0.1, 0.15) is 11.6 Å². The number of hydrogen-bond donors (Lipinski definition) is 0. The van der Waals surface area contributed by atoms with Gasteiger partial charge in [-0.15, -0.1) is 0 Å². The number of hydrogen-bond acceptors (Lipinski definition) is 3. The molecule has 0 saturated heterocycles. The van der Waals surface area contributed by atoms with Gasteiger partial charge in [0.05, 0.1) is 13.0 Å². The van der Waals surface area contributed by atoms with Crippen molar-refractivity contribution in [2.75, 3.05) is 6.61 Å². The molecule has 1 aromatic carbocycles. The van der Waals surface area contributed by atoms with E-state index in [9.17, 15) is 4.79 Å². The zero-order valence-corrected chi connectivity index (χ0v) is 10.6. The molecule has 1 aromatic heterocycles. The van der Waals surface area contributed by atoms with E-state index in [2.05, 4.69) is 4.98 Å². The van der Waals surface area contributed by atoms with Crippen LogP contribution in [0.3, 0.4) is 0 Å². The zero-order valence-electron chi connectivity index (χ0n) is 10.6. The normalized spacial score (nSPS) is 10.3. The molecule has 2 rings (SSSR count). The maximum Gasteiger partial charge on any atom is 0.170 e. The van der Waals surface area contributed by atoms with Crippen LogP contribution in [0.1, 0.15) is 23.1 Å². The molecule has 0 aliphatic carbocycles. The van der Waals surface area contributed by atoms with E-state index < -0.39 is 0 Å². The van der Waals surface area contributed by atoms with Crippen LogP contribution in [0.25, 0.3) is 0 Å². The van der Waals surface area contributed by atoms with E-state index in [4.69, 9.17) is 4.74 Å². The summed E-state index contributed by atoms with van der Waals surface area (Å²) < 4.78 is 7.23. The predicted molar refractivity (Wildman–Crippen MR) is 68.9 cm³/mol. The molecular weight excluding hydrogens is 228 g/mol. The van der Waals surface area contributed by atoms with Gasteiger partial charge in [-0.1, -0.05) is 12.1 Å². The Labute approximate surface area is 106 Å². The van der Waals surface area contributed by atoms with Gasteiger partial charge >= 0.3 is 0 Å². The molecule has 0 amide bonds. The van der Waals surface area contributed by atoms with Gasteiger partial charge in [0.25, 0.3) is 0 Å². The minimum atomic E-state index is 0.0471. The molecule has 0 N–H and O–H groups in total. The fraction of sp³-hybridized carbons (Fsp3) is 0.286. The Morgan fingerprint density at radius 1 is 1.44 bits per heavy atom. The number of imidazole rings is 1. The largest absolute Gasteiger partial charge is 0.494 e. The second kappa shape index (κ2) is 5.49. The fourth-order valence-electron chi connectivity index (χ4n) is 1.74. The summed E-state index contributed by atoms with van der Waals surface area (Å²) in [5.41, 5.74) is 0.656. The van der Waals surface area contributed by atoms with Crippen molar-refractivity contribution in [3.8, 4) is 5.75 Å². The number of carbonyl (C=O) groups excluding carboxylic acids is 1. The summed E-state index contributed by atoms with van der Waals surface area (Å²) >= 11 is 0. The Morgan fingerprint density at radius 2 is 2.28 bits per heavy atom. The summed E-state index contributed by atoms with van der Waals surface area (Å²) in [6, 6.07) is 7.25. The SMILES string of the molecule is CCOc1cccc(C(=O)Cc2nccn2C)c1. The van der Waals surface area contributed by atoms with Crippen molar-refractivity contribution < 1.29 is 9.53 Å². The van der Waals surface area contributed by atoms with Crippen LogP contribution in [-0.2, 0) is 13.5 Å². The Balaban J connectivity index is 2.14. The quantitative estimate of drug-likeness (QED) is 0.758. The highest BCUT2D eigenvalue weighted by Gasteiger charge is 2.10. The van der Waals surface area contributed by atoms with Crippen LogP contribution in [-0.4, -0.2) is 21.9 Å². The van der Waals surface area contributed by atoms with Crippen molar-refractivity contribution in [3.05, 3.63) is 48.0 Å². The second-order valence-electron chi connectivity index (χ2n) is 4.02. The third-order valence-corrected chi connectivity index (χ3v) is 2.71. The van der Waals surface area contributed by atoms with Crippen molar-refractivity contribution in [2.24, 2.45) is 7.05 Å². The smallest absolute Gasteiger partial charge is 0.170 e. The zero-order chi connectivity index (χ0) is 13.0. The molecule has 0 atom stereocenters. The molecule has 1 heterocycles. The minimum Gasteiger partial charge on any atom is -0.494 e. The molecule has 0 fully saturated rings. The van der Waals surface area contributed by atoms with Gasteiger partial charge in [0.15, 0.2) is 5.78 Å². The van der Waals surface area contributed by atoms with Gasteiger partial charge in [-0.2, -0.15) is 0 Å². The van der Waals surface area contributed by atoms with E-state index in [0.717, 1.165) is 11.6 Å². The first-order chi connectivity index (χ1) is 8.70. The maximum atomic E-state index is 12.1. The van der Waals surface area contributed by atoms with Crippen LogP contribution in [0.4, 0.5) is 0 Å². The maximum absolute atomic E-state index is 12.1. The van der Waals surface area contributed by atoms with Crippen molar-refractivity contribution in [3.63, 3.8) is 0 Å². The molecule has 0 spiro atoms. The van der Waals surface area contributed by atoms with Crippen molar-refractivity contribution in [2.45, 2.75) is 13.3 Å². The molecule has 94 valence electrons. The second-order valence-corrected chi connectivity index (χ2v) is 4.02. The van der Waals surface area contributed by atoms with E-state index in [1.165, 1.54) is 0 Å². The molecule has 0 radical (unpaired) electrons. The number of aryl methyl sites for hydroxylation is 1. The summed E-state index contributed by atoms with van der Waals surface area (Å²) in [6.45, 7) is 2.51. The molecule has 0 aliphatic rings. The summed E-state index contributed by atoms with van der Waals surface area (Å²) in [5.74, 6) is 1.54. The van der Waals surface area contributed by atoms with E-state index in [1.807, 2.05) is 36.9 Å². The van der Waals surface area contributed by atoms with Gasteiger partial charge in [-0.25, -0.2) is 4.98 Å². The summed E-state index contributed by atoms with van der Waals surface area (Å²) in [7, 11) is 1.88. The number of ketones is 1. The van der Waals surface area contributed by atoms with Gasteiger partial charge in [-0.05, 0) is 19.1 Å². The number of nitrogens with zero attached hydrogens (tertiary/aromatic N) is 2. The Hall–Kier alpha value is -2.10. The van der Waals surface area contributed by atoms with Crippen molar-refractivity contribution >= 4 is 5.78 Å². The van der Waals surface area contributed by atoms with E-state index in [-0.39, 0.29) is 5.78 Å². The lowest BCUT2D eigenvalue weighted by molar-refractivity contribution is 0.0989. The Morgan fingerprint density at radius 3 is 2.94 bits per heavy atom. The molecule has 0 saturated carbocycles. The minimum absolute atomic E-state index is 0.0471. The number of ether oxygens (including phenoxy) is 1. The summed E-state index contributed by atoms with van der Waals surface area (Å²) in [6.07, 6.45) is 3.83. The van der Waals surface area contributed by atoms with Gasteiger partial charge < -0.3 is 9.30 Å².